The topological polar surface area (TPSA) is 63.3 Å². The zero-order valence-electron chi connectivity index (χ0n) is 11.5. The molecule has 106 valence electrons. The van der Waals surface area contributed by atoms with Crippen LogP contribution in [0, 0.1) is 11.8 Å². The summed E-state index contributed by atoms with van der Waals surface area (Å²) in [7, 11) is 0. The molecule has 1 heterocycles. The number of oxazole rings is 1. The monoisotopic (exact) mass is 289 g/mol. The molecule has 0 radical (unpaired) electrons. The number of carboxylic acid groups (broad SMARTS) is 1. The lowest BCUT2D eigenvalue weighted by molar-refractivity contribution is 0.0697. The van der Waals surface area contributed by atoms with E-state index in [1.807, 2.05) is 30.3 Å². The summed E-state index contributed by atoms with van der Waals surface area (Å²) >= 11 is 0. The van der Waals surface area contributed by atoms with Gasteiger partial charge in [0.1, 0.15) is 0 Å². The van der Waals surface area contributed by atoms with Gasteiger partial charge in [-0.3, -0.25) is 0 Å². The molecule has 1 N–H and O–H groups in total. The van der Waals surface area contributed by atoms with Crippen LogP contribution >= 0.6 is 0 Å². The van der Waals surface area contributed by atoms with Gasteiger partial charge in [0.15, 0.2) is 5.76 Å². The summed E-state index contributed by atoms with van der Waals surface area (Å²) in [5, 5.41) is 8.87. The fourth-order valence-electron chi connectivity index (χ4n) is 1.88. The first-order valence-electron chi connectivity index (χ1n) is 6.59. The largest absolute Gasteiger partial charge is 0.478 e. The van der Waals surface area contributed by atoms with Crippen LogP contribution in [-0.4, -0.2) is 16.1 Å². The zero-order chi connectivity index (χ0) is 15.4. The van der Waals surface area contributed by atoms with Gasteiger partial charge < -0.3 is 9.52 Å². The molecule has 3 aromatic rings. The minimum Gasteiger partial charge on any atom is -0.478 e. The fourth-order valence-corrected chi connectivity index (χ4v) is 1.88. The van der Waals surface area contributed by atoms with Crippen molar-refractivity contribution < 1.29 is 14.3 Å². The number of hydrogen-bond acceptors (Lipinski definition) is 3. The molecular formula is C18H11NO3. The van der Waals surface area contributed by atoms with Crippen LogP contribution in [0.2, 0.25) is 0 Å². The molecule has 22 heavy (non-hydrogen) atoms. The summed E-state index contributed by atoms with van der Waals surface area (Å²) in [6, 6.07) is 15.9. The van der Waals surface area contributed by atoms with Gasteiger partial charge in [0, 0.05) is 11.1 Å². The smallest absolute Gasteiger partial charge is 0.335 e. The quantitative estimate of drug-likeness (QED) is 0.734. The average Bonchev–Trinajstić information content (AvgIpc) is 3.03. The van der Waals surface area contributed by atoms with E-state index in [2.05, 4.69) is 16.8 Å². The number of hydrogen-bond donors (Lipinski definition) is 1. The number of nitrogens with zero attached hydrogens (tertiary/aromatic N) is 1. The second kappa shape index (κ2) is 5.98. The minimum atomic E-state index is -0.964. The first kappa shape index (κ1) is 13.7. The maximum atomic E-state index is 10.8. The number of carbonyl (C=O) groups is 1. The molecule has 0 bridgehead atoms. The molecule has 0 aliphatic heterocycles. The van der Waals surface area contributed by atoms with Crippen LogP contribution in [0.4, 0.5) is 0 Å². The molecule has 0 saturated heterocycles. The van der Waals surface area contributed by atoms with Crippen molar-refractivity contribution in [1.29, 1.82) is 0 Å². The molecule has 2 aromatic carbocycles. The Balaban J connectivity index is 1.82. The van der Waals surface area contributed by atoms with Crippen molar-refractivity contribution in [3.63, 3.8) is 0 Å². The van der Waals surface area contributed by atoms with Gasteiger partial charge in [-0.05, 0) is 42.3 Å². The van der Waals surface area contributed by atoms with Crippen LogP contribution in [0.25, 0.3) is 11.5 Å². The third kappa shape index (κ3) is 3.05. The third-order valence-electron chi connectivity index (χ3n) is 2.99. The van der Waals surface area contributed by atoms with Crippen molar-refractivity contribution in [3.05, 3.63) is 77.7 Å². The van der Waals surface area contributed by atoms with Gasteiger partial charge in [-0.1, -0.05) is 24.1 Å². The van der Waals surface area contributed by atoms with Crippen LogP contribution in [-0.2, 0) is 0 Å². The van der Waals surface area contributed by atoms with E-state index in [-0.39, 0.29) is 5.56 Å². The molecule has 0 amide bonds. The SMILES string of the molecule is O=C(O)c1ccc(-c2ncc(C#Cc3ccccc3)o2)cc1. The number of aromatic carboxylic acids is 1. The van der Waals surface area contributed by atoms with Crippen LogP contribution in [0.15, 0.2) is 65.2 Å². The summed E-state index contributed by atoms with van der Waals surface area (Å²) in [4.78, 5) is 15.0. The standard InChI is InChI=1S/C18H11NO3/c20-18(21)15-9-7-14(8-10-15)17-19-12-16(22-17)11-6-13-4-2-1-3-5-13/h1-5,7-10,12H,(H,20,21). The van der Waals surface area contributed by atoms with E-state index < -0.39 is 5.97 Å². The van der Waals surface area contributed by atoms with Gasteiger partial charge in [0.25, 0.3) is 0 Å². The van der Waals surface area contributed by atoms with Crippen molar-refractivity contribution in [3.8, 4) is 23.3 Å². The molecular weight excluding hydrogens is 278 g/mol. The Kier molecular flexibility index (Phi) is 3.71. The Bertz CT molecular complexity index is 853. The highest BCUT2D eigenvalue weighted by molar-refractivity contribution is 5.88. The second-order valence-electron chi connectivity index (χ2n) is 4.53. The zero-order valence-corrected chi connectivity index (χ0v) is 11.5. The molecule has 1 aromatic heterocycles. The van der Waals surface area contributed by atoms with Crippen molar-refractivity contribution >= 4 is 5.97 Å². The fraction of sp³-hybridized carbons (Fsp3) is 0. The number of rotatable bonds is 2. The number of aromatic nitrogens is 1. The first-order chi connectivity index (χ1) is 10.7. The lowest BCUT2D eigenvalue weighted by Crippen LogP contribution is -1.94. The summed E-state index contributed by atoms with van der Waals surface area (Å²) < 4.78 is 5.56. The van der Waals surface area contributed by atoms with E-state index in [1.54, 1.807) is 18.3 Å². The van der Waals surface area contributed by atoms with Crippen LogP contribution in [0.5, 0.6) is 0 Å². The molecule has 0 fully saturated rings. The highest BCUT2D eigenvalue weighted by atomic mass is 16.4. The summed E-state index contributed by atoms with van der Waals surface area (Å²) in [6.07, 6.45) is 1.55. The Morgan fingerprint density at radius 2 is 1.73 bits per heavy atom. The van der Waals surface area contributed by atoms with Gasteiger partial charge in [-0.15, -0.1) is 0 Å². The molecule has 0 saturated carbocycles. The Labute approximate surface area is 127 Å². The minimum absolute atomic E-state index is 0.222. The average molecular weight is 289 g/mol. The van der Waals surface area contributed by atoms with E-state index in [1.165, 1.54) is 12.1 Å². The van der Waals surface area contributed by atoms with Crippen LogP contribution in [0.1, 0.15) is 21.7 Å². The molecule has 3 rings (SSSR count). The number of benzene rings is 2. The van der Waals surface area contributed by atoms with Gasteiger partial charge in [0.2, 0.25) is 5.89 Å². The lowest BCUT2D eigenvalue weighted by atomic mass is 10.1. The highest BCUT2D eigenvalue weighted by Gasteiger charge is 2.07. The molecule has 0 atom stereocenters. The van der Waals surface area contributed by atoms with Gasteiger partial charge >= 0.3 is 5.97 Å². The summed E-state index contributed by atoms with van der Waals surface area (Å²) in [5.74, 6) is 5.80. The van der Waals surface area contributed by atoms with Gasteiger partial charge in [0.05, 0.1) is 11.8 Å². The second-order valence-corrected chi connectivity index (χ2v) is 4.53. The Morgan fingerprint density at radius 1 is 1.00 bits per heavy atom. The predicted octanol–water partition coefficient (Wildman–Crippen LogP) is 3.44. The summed E-state index contributed by atoms with van der Waals surface area (Å²) in [5.41, 5.74) is 1.82. The normalized spacial score (nSPS) is 9.82. The van der Waals surface area contributed by atoms with Gasteiger partial charge in [-0.25, -0.2) is 9.78 Å². The Morgan fingerprint density at radius 3 is 2.41 bits per heavy atom. The van der Waals surface area contributed by atoms with Crippen LogP contribution < -0.4 is 0 Å². The van der Waals surface area contributed by atoms with E-state index in [0.29, 0.717) is 17.2 Å². The van der Waals surface area contributed by atoms with Crippen molar-refractivity contribution in [2.24, 2.45) is 0 Å². The maximum absolute atomic E-state index is 10.8. The molecule has 0 aliphatic carbocycles. The lowest BCUT2D eigenvalue weighted by Gasteiger charge is -1.96. The molecule has 4 heteroatoms. The van der Waals surface area contributed by atoms with Crippen LogP contribution in [0.3, 0.4) is 0 Å². The number of carboxylic acids is 1. The van der Waals surface area contributed by atoms with Crippen molar-refractivity contribution in [2.75, 3.05) is 0 Å². The molecule has 0 aliphatic rings. The van der Waals surface area contributed by atoms with E-state index >= 15 is 0 Å². The van der Waals surface area contributed by atoms with E-state index in [9.17, 15) is 4.79 Å². The summed E-state index contributed by atoms with van der Waals surface area (Å²) in [6.45, 7) is 0. The highest BCUT2D eigenvalue weighted by Crippen LogP contribution is 2.19. The van der Waals surface area contributed by atoms with E-state index in [0.717, 1.165) is 5.56 Å². The van der Waals surface area contributed by atoms with Crippen molar-refractivity contribution in [2.45, 2.75) is 0 Å². The third-order valence-corrected chi connectivity index (χ3v) is 2.99. The Hall–Kier alpha value is -3.32. The molecule has 4 nitrogen and oxygen atoms in total. The first-order valence-corrected chi connectivity index (χ1v) is 6.59. The predicted molar refractivity (Wildman–Crippen MR) is 81.3 cm³/mol. The van der Waals surface area contributed by atoms with Gasteiger partial charge in [-0.2, -0.15) is 0 Å². The molecule has 0 spiro atoms. The maximum Gasteiger partial charge on any atom is 0.335 e. The van der Waals surface area contributed by atoms with Crippen molar-refractivity contribution in [1.82, 2.24) is 4.98 Å². The molecule has 0 unspecified atom stereocenters. The van der Waals surface area contributed by atoms with E-state index in [4.69, 9.17) is 9.52 Å².